The van der Waals surface area contributed by atoms with Gasteiger partial charge in [-0.1, -0.05) is 34.1 Å². The second-order valence-electron chi connectivity index (χ2n) is 4.78. The number of hydrogen-bond acceptors (Lipinski definition) is 2. The predicted octanol–water partition coefficient (Wildman–Crippen LogP) is 3.70. The van der Waals surface area contributed by atoms with Crippen LogP contribution in [-0.4, -0.2) is 5.91 Å². The van der Waals surface area contributed by atoms with Crippen LogP contribution < -0.4 is 11.1 Å². The van der Waals surface area contributed by atoms with Gasteiger partial charge in [0.15, 0.2) is 0 Å². The van der Waals surface area contributed by atoms with Gasteiger partial charge in [-0.2, -0.15) is 0 Å². The van der Waals surface area contributed by atoms with Crippen LogP contribution in [0.2, 0.25) is 0 Å². The number of nitrogens with one attached hydrogen (secondary N) is 1. The van der Waals surface area contributed by atoms with Crippen LogP contribution in [0.25, 0.3) is 0 Å². The van der Waals surface area contributed by atoms with Crippen LogP contribution in [-0.2, 0) is 4.79 Å². The maximum absolute atomic E-state index is 11.8. The van der Waals surface area contributed by atoms with Gasteiger partial charge in [0, 0.05) is 10.2 Å². The fourth-order valence-corrected chi connectivity index (χ4v) is 2.37. The third kappa shape index (κ3) is 3.20. The Hall–Kier alpha value is -1.81. The third-order valence-electron chi connectivity index (χ3n) is 3.40. The van der Waals surface area contributed by atoms with Gasteiger partial charge in [0.05, 0.1) is 0 Å². The molecule has 0 aliphatic heterocycles. The zero-order valence-electron chi connectivity index (χ0n) is 11.5. The van der Waals surface area contributed by atoms with Crippen molar-refractivity contribution >= 4 is 27.5 Å². The second-order valence-corrected chi connectivity index (χ2v) is 5.69. The maximum Gasteiger partial charge on any atom is 0.244 e. The molecule has 0 saturated carbocycles. The summed E-state index contributed by atoms with van der Waals surface area (Å²) < 4.78 is 0.991. The number of aryl methyl sites for hydroxylation is 1. The molecule has 2 aromatic carbocycles. The number of benzene rings is 2. The molecule has 20 heavy (non-hydrogen) atoms. The topological polar surface area (TPSA) is 55.1 Å². The van der Waals surface area contributed by atoms with Gasteiger partial charge in [-0.05, 0) is 54.8 Å². The van der Waals surface area contributed by atoms with Gasteiger partial charge in [-0.3, -0.25) is 4.79 Å². The van der Waals surface area contributed by atoms with E-state index in [-0.39, 0.29) is 5.91 Å². The quantitative estimate of drug-likeness (QED) is 0.896. The fraction of sp³-hybridized carbons (Fsp3) is 0.188. The Morgan fingerprint density at radius 1 is 1.15 bits per heavy atom. The molecule has 2 aromatic rings. The molecule has 0 heterocycles. The van der Waals surface area contributed by atoms with Crippen LogP contribution in [0.15, 0.2) is 46.9 Å². The van der Waals surface area contributed by atoms with Crippen LogP contribution in [0.1, 0.15) is 22.7 Å². The molecule has 2 rings (SSSR count). The standard InChI is InChI=1S/C16H17BrN2O/c1-10-4-3-5-14(11(10)2)15(16(18)20)19-13-8-6-12(17)7-9-13/h3-9,15,19H,1-2H3,(H2,18,20). The molecule has 1 atom stereocenters. The number of rotatable bonds is 4. The lowest BCUT2D eigenvalue weighted by Crippen LogP contribution is -2.28. The fourth-order valence-electron chi connectivity index (χ4n) is 2.10. The van der Waals surface area contributed by atoms with E-state index in [9.17, 15) is 4.79 Å². The molecule has 0 spiro atoms. The van der Waals surface area contributed by atoms with Gasteiger partial charge in [0.1, 0.15) is 6.04 Å². The van der Waals surface area contributed by atoms with E-state index in [0.29, 0.717) is 0 Å². The molecule has 0 aliphatic carbocycles. The van der Waals surface area contributed by atoms with Gasteiger partial charge in [0.25, 0.3) is 0 Å². The summed E-state index contributed by atoms with van der Waals surface area (Å²) in [6, 6.07) is 13.0. The Morgan fingerprint density at radius 3 is 2.40 bits per heavy atom. The Morgan fingerprint density at radius 2 is 1.80 bits per heavy atom. The molecule has 0 saturated heterocycles. The normalized spacial score (nSPS) is 11.9. The number of carbonyl (C=O) groups is 1. The minimum atomic E-state index is -0.531. The second kappa shape index (κ2) is 6.09. The summed E-state index contributed by atoms with van der Waals surface area (Å²) in [5.41, 5.74) is 9.56. The Balaban J connectivity index is 2.34. The average Bonchev–Trinajstić information content (AvgIpc) is 2.41. The molecule has 0 radical (unpaired) electrons. The van der Waals surface area contributed by atoms with Gasteiger partial charge in [0.2, 0.25) is 5.91 Å². The van der Waals surface area contributed by atoms with Gasteiger partial charge in [-0.25, -0.2) is 0 Å². The summed E-state index contributed by atoms with van der Waals surface area (Å²) in [4.78, 5) is 11.8. The molecular weight excluding hydrogens is 316 g/mol. The SMILES string of the molecule is Cc1cccc(C(Nc2ccc(Br)cc2)C(N)=O)c1C. The van der Waals surface area contributed by atoms with E-state index in [1.54, 1.807) is 0 Å². The first kappa shape index (κ1) is 14.6. The number of primary amides is 1. The lowest BCUT2D eigenvalue weighted by atomic mass is 9.97. The number of nitrogens with two attached hydrogens (primary N) is 1. The molecule has 104 valence electrons. The van der Waals surface area contributed by atoms with Crippen LogP contribution in [0.5, 0.6) is 0 Å². The molecule has 3 nitrogen and oxygen atoms in total. The molecule has 0 bridgehead atoms. The van der Waals surface area contributed by atoms with E-state index in [1.165, 1.54) is 0 Å². The first-order valence-electron chi connectivity index (χ1n) is 6.36. The van der Waals surface area contributed by atoms with Gasteiger partial charge < -0.3 is 11.1 Å². The van der Waals surface area contributed by atoms with Crippen molar-refractivity contribution in [1.82, 2.24) is 0 Å². The van der Waals surface area contributed by atoms with Crippen LogP contribution >= 0.6 is 15.9 Å². The number of halogens is 1. The van der Waals surface area contributed by atoms with E-state index in [2.05, 4.69) is 21.2 Å². The zero-order chi connectivity index (χ0) is 14.7. The molecule has 4 heteroatoms. The van der Waals surface area contributed by atoms with E-state index >= 15 is 0 Å². The lowest BCUT2D eigenvalue weighted by molar-refractivity contribution is -0.118. The number of amides is 1. The van der Waals surface area contributed by atoms with Crippen molar-refractivity contribution in [2.75, 3.05) is 5.32 Å². The van der Waals surface area contributed by atoms with Crippen LogP contribution in [0, 0.1) is 13.8 Å². The van der Waals surface area contributed by atoms with E-state index < -0.39 is 6.04 Å². The molecule has 3 N–H and O–H groups in total. The third-order valence-corrected chi connectivity index (χ3v) is 3.93. The largest absolute Gasteiger partial charge is 0.370 e. The van der Waals surface area contributed by atoms with Crippen molar-refractivity contribution in [3.05, 3.63) is 63.6 Å². The predicted molar refractivity (Wildman–Crippen MR) is 85.6 cm³/mol. The summed E-state index contributed by atoms with van der Waals surface area (Å²) in [6.45, 7) is 4.03. The molecule has 0 aromatic heterocycles. The minimum absolute atomic E-state index is 0.387. The van der Waals surface area contributed by atoms with Crippen molar-refractivity contribution in [3.8, 4) is 0 Å². The molecule has 1 unspecified atom stereocenters. The number of hydrogen-bond donors (Lipinski definition) is 2. The van der Waals surface area contributed by atoms with Crippen molar-refractivity contribution in [2.45, 2.75) is 19.9 Å². The molecule has 0 aliphatic rings. The minimum Gasteiger partial charge on any atom is -0.370 e. The summed E-state index contributed by atoms with van der Waals surface area (Å²) in [6.07, 6.45) is 0. The highest BCUT2D eigenvalue weighted by Gasteiger charge is 2.20. The lowest BCUT2D eigenvalue weighted by Gasteiger charge is -2.20. The average molecular weight is 333 g/mol. The summed E-state index contributed by atoms with van der Waals surface area (Å²) in [5.74, 6) is -0.387. The van der Waals surface area contributed by atoms with Gasteiger partial charge >= 0.3 is 0 Å². The monoisotopic (exact) mass is 332 g/mol. The smallest absolute Gasteiger partial charge is 0.244 e. The van der Waals surface area contributed by atoms with Crippen molar-refractivity contribution in [1.29, 1.82) is 0 Å². The number of carbonyl (C=O) groups excluding carboxylic acids is 1. The summed E-state index contributed by atoms with van der Waals surface area (Å²) >= 11 is 3.39. The highest BCUT2D eigenvalue weighted by Crippen LogP contribution is 2.25. The highest BCUT2D eigenvalue weighted by atomic mass is 79.9. The first-order valence-corrected chi connectivity index (χ1v) is 7.16. The molecular formula is C16H17BrN2O. The van der Waals surface area contributed by atoms with Crippen molar-refractivity contribution in [3.63, 3.8) is 0 Å². The van der Waals surface area contributed by atoms with Crippen molar-refractivity contribution < 1.29 is 4.79 Å². The van der Waals surface area contributed by atoms with Gasteiger partial charge in [-0.15, -0.1) is 0 Å². The number of anilines is 1. The van der Waals surface area contributed by atoms with Crippen LogP contribution in [0.3, 0.4) is 0 Å². The Labute approximate surface area is 127 Å². The van der Waals surface area contributed by atoms with E-state index in [4.69, 9.17) is 5.73 Å². The summed E-state index contributed by atoms with van der Waals surface area (Å²) in [7, 11) is 0. The molecule has 1 amide bonds. The zero-order valence-corrected chi connectivity index (χ0v) is 13.1. The Bertz CT molecular complexity index is 623. The van der Waals surface area contributed by atoms with E-state index in [0.717, 1.165) is 26.9 Å². The maximum atomic E-state index is 11.8. The van der Waals surface area contributed by atoms with Crippen molar-refractivity contribution in [2.24, 2.45) is 5.73 Å². The first-order chi connectivity index (χ1) is 9.49. The highest BCUT2D eigenvalue weighted by molar-refractivity contribution is 9.10. The van der Waals surface area contributed by atoms with Crippen LogP contribution in [0.4, 0.5) is 5.69 Å². The van der Waals surface area contributed by atoms with E-state index in [1.807, 2.05) is 56.3 Å². The Kier molecular flexibility index (Phi) is 4.45. The molecule has 0 fully saturated rings. The summed E-state index contributed by atoms with van der Waals surface area (Å²) in [5, 5.41) is 3.19.